The van der Waals surface area contributed by atoms with Gasteiger partial charge in [0.1, 0.15) is 18.2 Å². The monoisotopic (exact) mass is 427 g/mol. The molecule has 1 aliphatic heterocycles. The van der Waals surface area contributed by atoms with Crippen LogP contribution in [0, 0.1) is 0 Å². The number of nitrogens with zero attached hydrogens (tertiary/aromatic N) is 2. The number of para-hydroxylation sites is 2. The van der Waals surface area contributed by atoms with Crippen molar-refractivity contribution in [1.29, 1.82) is 0 Å². The maximum atomic E-state index is 11.8. The van der Waals surface area contributed by atoms with E-state index >= 15 is 0 Å². The number of nitrogens with one attached hydrogen (secondary N) is 1. The lowest BCUT2D eigenvalue weighted by atomic mass is 10.1. The Morgan fingerprint density at radius 1 is 1.26 bits per heavy atom. The van der Waals surface area contributed by atoms with Crippen molar-refractivity contribution in [3.05, 3.63) is 85.4 Å². The number of allylic oxidation sites excluding steroid dienone is 6. The van der Waals surface area contributed by atoms with Crippen molar-refractivity contribution in [3.8, 4) is 5.75 Å². The maximum absolute atomic E-state index is 11.8. The summed E-state index contributed by atoms with van der Waals surface area (Å²) in [5.41, 5.74) is 2.51. The average molecular weight is 428 g/mol. The van der Waals surface area contributed by atoms with Crippen LogP contribution in [-0.4, -0.2) is 51.8 Å². The molecule has 5 heteroatoms. The van der Waals surface area contributed by atoms with E-state index < -0.39 is 0 Å². The Labute approximate surface area is 188 Å². The first-order chi connectivity index (χ1) is 15.0. The molecule has 1 heterocycles. The van der Waals surface area contributed by atoms with Gasteiger partial charge in [-0.25, -0.2) is 4.39 Å². The smallest absolute Gasteiger partial charge is 0.142 e. The number of fused-ring (bicyclic) bond motifs is 1. The fraction of sp³-hybridized carbons (Fsp3) is 0.385. The second-order valence-electron chi connectivity index (χ2n) is 7.16. The highest BCUT2D eigenvalue weighted by molar-refractivity contribution is 5.59. The average Bonchev–Trinajstić information content (AvgIpc) is 2.80. The Hall–Kier alpha value is -2.79. The molecule has 1 aromatic carbocycles. The lowest BCUT2D eigenvalue weighted by Gasteiger charge is -2.32. The summed E-state index contributed by atoms with van der Waals surface area (Å²) in [7, 11) is 3.82. The molecule has 0 amide bonds. The predicted octanol–water partition coefficient (Wildman–Crippen LogP) is 5.49. The minimum Gasteiger partial charge on any atom is -0.490 e. The molecule has 0 atom stereocenters. The quantitative estimate of drug-likeness (QED) is 0.473. The van der Waals surface area contributed by atoms with Gasteiger partial charge < -0.3 is 19.9 Å². The second kappa shape index (κ2) is 16.0. The van der Waals surface area contributed by atoms with Crippen LogP contribution in [0.25, 0.3) is 0 Å². The molecule has 0 saturated carbocycles. The van der Waals surface area contributed by atoms with Gasteiger partial charge in [-0.05, 0) is 43.7 Å². The second-order valence-corrected chi connectivity index (χ2v) is 7.16. The summed E-state index contributed by atoms with van der Waals surface area (Å²) >= 11 is 0. The van der Waals surface area contributed by atoms with Gasteiger partial charge in [0.2, 0.25) is 0 Å². The zero-order valence-corrected chi connectivity index (χ0v) is 19.3. The van der Waals surface area contributed by atoms with Crippen molar-refractivity contribution in [2.75, 3.05) is 51.8 Å². The van der Waals surface area contributed by atoms with Crippen LogP contribution in [0.15, 0.2) is 85.4 Å². The van der Waals surface area contributed by atoms with Crippen LogP contribution in [0.2, 0.25) is 0 Å². The van der Waals surface area contributed by atoms with Crippen LogP contribution < -0.4 is 15.0 Å². The third kappa shape index (κ3) is 10.7. The lowest BCUT2D eigenvalue weighted by Crippen LogP contribution is -2.38. The number of ether oxygens (including phenoxy) is 1. The highest BCUT2D eigenvalue weighted by Crippen LogP contribution is 2.30. The number of benzene rings is 1. The van der Waals surface area contributed by atoms with Gasteiger partial charge in [0.05, 0.1) is 12.2 Å². The molecule has 1 aromatic rings. The van der Waals surface area contributed by atoms with E-state index in [0.29, 0.717) is 0 Å². The Bertz CT molecular complexity index is 755. The molecule has 0 aliphatic carbocycles. The molecule has 1 aliphatic rings. The van der Waals surface area contributed by atoms with Crippen molar-refractivity contribution in [1.82, 2.24) is 10.2 Å². The van der Waals surface area contributed by atoms with Gasteiger partial charge in [0, 0.05) is 32.9 Å². The molecule has 4 nitrogen and oxygen atoms in total. The first kappa shape index (κ1) is 26.2. The normalized spacial score (nSPS) is 13.9. The van der Waals surface area contributed by atoms with Crippen molar-refractivity contribution in [2.45, 2.75) is 19.8 Å². The van der Waals surface area contributed by atoms with Crippen LogP contribution in [-0.2, 0) is 0 Å². The molecule has 2 rings (SSSR count). The fourth-order valence-corrected chi connectivity index (χ4v) is 2.96. The van der Waals surface area contributed by atoms with Gasteiger partial charge in [0.15, 0.2) is 0 Å². The summed E-state index contributed by atoms with van der Waals surface area (Å²) in [5, 5.41) is 2.51. The first-order valence-corrected chi connectivity index (χ1v) is 10.8. The van der Waals surface area contributed by atoms with Gasteiger partial charge in [-0.2, -0.15) is 0 Å². The van der Waals surface area contributed by atoms with E-state index in [4.69, 9.17) is 4.74 Å². The number of halogens is 1. The van der Waals surface area contributed by atoms with E-state index in [-0.39, 0.29) is 5.83 Å². The molecule has 31 heavy (non-hydrogen) atoms. The summed E-state index contributed by atoms with van der Waals surface area (Å²) in [6.45, 7) is 14.1. The summed E-state index contributed by atoms with van der Waals surface area (Å²) in [6.07, 6.45) is 12.9. The summed E-state index contributed by atoms with van der Waals surface area (Å²) in [4.78, 5) is 4.81. The Kier molecular flexibility index (Phi) is 13.5. The maximum Gasteiger partial charge on any atom is 0.142 e. The van der Waals surface area contributed by atoms with Gasteiger partial charge in [-0.15, -0.1) is 0 Å². The minimum atomic E-state index is -0.345. The molecule has 0 bridgehead atoms. The predicted molar refractivity (Wildman–Crippen MR) is 132 cm³/mol. The number of likely N-dealkylation sites (N-methyl/N-ethyl adjacent to an activating group) is 1. The topological polar surface area (TPSA) is 27.7 Å². The minimum absolute atomic E-state index is 0.345. The molecule has 0 aromatic heterocycles. The van der Waals surface area contributed by atoms with E-state index in [0.717, 1.165) is 57.5 Å². The third-order valence-corrected chi connectivity index (χ3v) is 4.78. The van der Waals surface area contributed by atoms with Gasteiger partial charge in [-0.3, -0.25) is 0 Å². The van der Waals surface area contributed by atoms with E-state index in [1.807, 2.05) is 12.1 Å². The van der Waals surface area contributed by atoms with Crippen molar-refractivity contribution in [2.24, 2.45) is 0 Å². The number of anilines is 1. The van der Waals surface area contributed by atoms with E-state index in [2.05, 4.69) is 78.7 Å². The number of rotatable bonds is 11. The molecule has 0 fully saturated rings. The van der Waals surface area contributed by atoms with Crippen LogP contribution in [0.1, 0.15) is 19.8 Å². The Morgan fingerprint density at radius 3 is 2.68 bits per heavy atom. The molecule has 0 spiro atoms. The zero-order chi connectivity index (χ0) is 22.9. The van der Waals surface area contributed by atoms with E-state index in [9.17, 15) is 4.39 Å². The highest BCUT2D eigenvalue weighted by Gasteiger charge is 2.17. The summed E-state index contributed by atoms with van der Waals surface area (Å²) in [5.74, 6) is 0.661. The van der Waals surface area contributed by atoms with Crippen LogP contribution >= 0.6 is 0 Å². The molecule has 0 radical (unpaired) electrons. The van der Waals surface area contributed by atoms with Crippen LogP contribution in [0.3, 0.4) is 0 Å². The lowest BCUT2D eigenvalue weighted by molar-refractivity contribution is 0.296. The molecular formula is C26H38FN3O. The van der Waals surface area contributed by atoms with Gasteiger partial charge in [0.25, 0.3) is 0 Å². The van der Waals surface area contributed by atoms with Crippen LogP contribution in [0.5, 0.6) is 5.75 Å². The summed E-state index contributed by atoms with van der Waals surface area (Å²) < 4.78 is 17.5. The number of hydrogen-bond acceptors (Lipinski definition) is 4. The van der Waals surface area contributed by atoms with Crippen molar-refractivity contribution in [3.63, 3.8) is 0 Å². The standard InChI is InChI=1S/C21H30N2O.C5H8FN/c1-4-6-7-10-19(5-2)13-14-22(3)15-16-23-17-18-24-21-12-9-8-11-20(21)23;1-3-5(6)4-7-2/h5-12H,2,4,13-18H2,1,3H3;3-4,7H,1H2,2H3/b7-6-,19-10+;5-4+. The van der Waals surface area contributed by atoms with Crippen molar-refractivity contribution >= 4 is 5.69 Å². The molecule has 170 valence electrons. The fourth-order valence-electron chi connectivity index (χ4n) is 2.96. The van der Waals surface area contributed by atoms with Crippen LogP contribution in [0.4, 0.5) is 10.1 Å². The van der Waals surface area contributed by atoms with E-state index in [1.165, 1.54) is 17.5 Å². The Balaban J connectivity index is 0.000000592. The van der Waals surface area contributed by atoms with Gasteiger partial charge >= 0.3 is 0 Å². The molecule has 1 N–H and O–H groups in total. The summed E-state index contributed by atoms with van der Waals surface area (Å²) in [6, 6.07) is 8.31. The highest BCUT2D eigenvalue weighted by atomic mass is 19.1. The Morgan fingerprint density at radius 2 is 2.03 bits per heavy atom. The van der Waals surface area contributed by atoms with Gasteiger partial charge in [-0.1, -0.05) is 56.5 Å². The molecule has 0 saturated heterocycles. The number of hydrogen-bond donors (Lipinski definition) is 1. The van der Waals surface area contributed by atoms with E-state index in [1.54, 1.807) is 7.05 Å². The molecule has 0 unspecified atom stereocenters. The largest absolute Gasteiger partial charge is 0.490 e. The van der Waals surface area contributed by atoms with Crippen molar-refractivity contribution < 1.29 is 9.13 Å². The zero-order valence-electron chi connectivity index (χ0n) is 19.3. The molecular weight excluding hydrogens is 389 g/mol. The first-order valence-electron chi connectivity index (χ1n) is 10.8. The third-order valence-electron chi connectivity index (χ3n) is 4.78. The SMILES string of the molecule is C=C/C(=C\C=C/CC)CCN(C)CCN1CCOc2ccccc21.C=C/C(F)=C\NC.